The van der Waals surface area contributed by atoms with Gasteiger partial charge < -0.3 is 29.1 Å². The number of carbonyl (C=O) groups excluding carboxylic acids is 5. The fourth-order valence-electron chi connectivity index (χ4n) is 9.52. The van der Waals surface area contributed by atoms with Crippen molar-refractivity contribution in [3.63, 3.8) is 0 Å². The molecular formula is C53H68F5N7O7. The normalized spacial score (nSPS) is 16.6. The maximum atomic E-state index is 14.7. The van der Waals surface area contributed by atoms with E-state index in [-0.39, 0.29) is 59.9 Å². The molecule has 0 saturated carbocycles. The van der Waals surface area contributed by atoms with Gasteiger partial charge in [-0.1, -0.05) is 52.5 Å². The Labute approximate surface area is 418 Å². The number of pyridine rings is 1. The molecule has 392 valence electrons. The zero-order valence-corrected chi connectivity index (χ0v) is 42.4. The van der Waals surface area contributed by atoms with Crippen LogP contribution in [0.1, 0.15) is 88.8 Å². The van der Waals surface area contributed by atoms with Crippen LogP contribution < -0.4 is 10.7 Å². The van der Waals surface area contributed by atoms with E-state index in [1.807, 2.05) is 27.7 Å². The summed E-state index contributed by atoms with van der Waals surface area (Å²) in [6, 6.07) is 10.8. The predicted molar refractivity (Wildman–Crippen MR) is 264 cm³/mol. The molecule has 3 amide bonds. The number of ether oxygens (including phenoxy) is 2. The van der Waals surface area contributed by atoms with Crippen molar-refractivity contribution in [3.05, 3.63) is 89.8 Å². The Morgan fingerprint density at radius 2 is 1.75 bits per heavy atom. The maximum Gasteiger partial charge on any atom is 0.406 e. The number of methoxy groups -OCH3 is 1. The van der Waals surface area contributed by atoms with Crippen molar-refractivity contribution in [1.82, 2.24) is 35.1 Å². The van der Waals surface area contributed by atoms with Crippen LogP contribution in [0.5, 0.6) is 0 Å². The van der Waals surface area contributed by atoms with Crippen molar-refractivity contribution in [1.29, 1.82) is 0 Å². The molecule has 72 heavy (non-hydrogen) atoms. The number of hydrogen-bond donors (Lipinski definition) is 2. The van der Waals surface area contributed by atoms with Crippen LogP contribution in [0.25, 0.3) is 33.3 Å². The van der Waals surface area contributed by atoms with E-state index in [0.29, 0.717) is 71.5 Å². The number of fused-ring (bicyclic) bond motifs is 1. The van der Waals surface area contributed by atoms with Gasteiger partial charge in [-0.15, -0.1) is 0 Å². The molecule has 2 fully saturated rings. The van der Waals surface area contributed by atoms with Crippen molar-refractivity contribution in [2.45, 2.75) is 104 Å². The van der Waals surface area contributed by atoms with Crippen molar-refractivity contribution < 1.29 is 55.4 Å². The molecule has 19 heteroatoms. The standard InChI is InChI=1S/C45H57F5N6O5.C8H11NO2/c1-27(2)39(54(6)7)42(58)53-36(43(59)56-17-10-9-16-52-56)20-29-18-31(21-32(19-29)41(46)47)30-13-14-37-34(22-30)35(23-44(4,5)25-61-26-57)40(55(37)24-45(48,49)50)33-12-11-15-51-38(33)28(3)60-8;1-2-8(11)9-4-3-7(5-9)6-10/h11-15,18-19,21-22,26-28,36,39,41,52H,9-10,16-17,20,23-25H2,1-8H3,(H,53,58);2,6-7H,1,3-5H2. The van der Waals surface area contributed by atoms with Gasteiger partial charge in [0.15, 0.2) is 0 Å². The van der Waals surface area contributed by atoms with Gasteiger partial charge in [-0.25, -0.2) is 14.2 Å². The summed E-state index contributed by atoms with van der Waals surface area (Å²) in [7, 11) is 5.01. The number of rotatable bonds is 20. The summed E-state index contributed by atoms with van der Waals surface area (Å²) in [5, 5.41) is 4.82. The molecule has 4 heterocycles. The van der Waals surface area contributed by atoms with E-state index in [9.17, 15) is 45.9 Å². The van der Waals surface area contributed by atoms with Crippen LogP contribution in [0.3, 0.4) is 0 Å². The molecule has 2 N–H and O–H groups in total. The van der Waals surface area contributed by atoms with Gasteiger partial charge in [-0.05, 0) is 111 Å². The summed E-state index contributed by atoms with van der Waals surface area (Å²) < 4.78 is 85.0. The minimum absolute atomic E-state index is 0.0361. The van der Waals surface area contributed by atoms with Crippen molar-refractivity contribution >= 4 is 41.4 Å². The Morgan fingerprint density at radius 3 is 2.33 bits per heavy atom. The minimum Gasteiger partial charge on any atom is -0.467 e. The third-order valence-electron chi connectivity index (χ3n) is 12.9. The van der Waals surface area contributed by atoms with Crippen LogP contribution in [0, 0.1) is 17.3 Å². The van der Waals surface area contributed by atoms with Crippen LogP contribution in [-0.2, 0) is 52.8 Å². The molecule has 0 bridgehead atoms. The van der Waals surface area contributed by atoms with Gasteiger partial charge in [0, 0.05) is 79.3 Å². The Morgan fingerprint density at radius 1 is 1.01 bits per heavy atom. The molecule has 0 aliphatic carbocycles. The molecule has 2 aliphatic heterocycles. The highest BCUT2D eigenvalue weighted by Crippen LogP contribution is 2.43. The smallest absolute Gasteiger partial charge is 0.406 e. The number of nitrogens with one attached hydrogen (secondary N) is 2. The van der Waals surface area contributed by atoms with Gasteiger partial charge in [0.2, 0.25) is 11.8 Å². The highest BCUT2D eigenvalue weighted by atomic mass is 19.4. The first-order chi connectivity index (χ1) is 34.0. The van der Waals surface area contributed by atoms with Gasteiger partial charge in [0.05, 0.1) is 30.1 Å². The molecule has 4 unspecified atom stereocenters. The topological polar surface area (TPSA) is 155 Å². The van der Waals surface area contributed by atoms with Crippen LogP contribution in [0.4, 0.5) is 22.0 Å². The van der Waals surface area contributed by atoms with Crippen LogP contribution in [0.15, 0.2) is 67.4 Å². The molecule has 0 radical (unpaired) electrons. The number of benzene rings is 2. The number of hydrazine groups is 1. The van der Waals surface area contributed by atoms with Gasteiger partial charge in [-0.3, -0.25) is 34.1 Å². The number of likely N-dealkylation sites (tertiary alicyclic amines) is 1. The summed E-state index contributed by atoms with van der Waals surface area (Å²) >= 11 is 0. The first kappa shape index (κ1) is 56.9. The molecule has 4 aromatic rings. The quantitative estimate of drug-likeness (QED) is 0.0502. The first-order valence-electron chi connectivity index (χ1n) is 24.1. The number of hydrogen-bond acceptors (Lipinski definition) is 10. The van der Waals surface area contributed by atoms with Gasteiger partial charge in [0.1, 0.15) is 18.9 Å². The third-order valence-corrected chi connectivity index (χ3v) is 12.9. The number of likely N-dealkylation sites (N-methyl/N-ethyl adjacent to an activating group) is 1. The fraction of sp³-hybridized carbons (Fsp3) is 0.509. The Balaban J connectivity index is 0.000000771. The number of aromatic nitrogens is 2. The number of halogens is 5. The average Bonchev–Trinajstić information content (AvgIpc) is 3.94. The minimum atomic E-state index is -4.64. The molecule has 4 atom stereocenters. The van der Waals surface area contributed by atoms with Gasteiger partial charge in [-0.2, -0.15) is 13.2 Å². The van der Waals surface area contributed by atoms with E-state index in [1.165, 1.54) is 41.1 Å². The second-order valence-corrected chi connectivity index (χ2v) is 19.8. The van der Waals surface area contributed by atoms with E-state index in [2.05, 4.69) is 22.3 Å². The summed E-state index contributed by atoms with van der Waals surface area (Å²) in [4.78, 5) is 68.2. The highest BCUT2D eigenvalue weighted by molar-refractivity contribution is 5.96. The summed E-state index contributed by atoms with van der Waals surface area (Å²) in [6.45, 7) is 13.7. The van der Waals surface area contributed by atoms with E-state index < -0.39 is 48.7 Å². The summed E-state index contributed by atoms with van der Waals surface area (Å²) in [6.07, 6.45) is -1.96. The zero-order valence-electron chi connectivity index (χ0n) is 42.4. The molecule has 2 aliphatic rings. The van der Waals surface area contributed by atoms with E-state index in [0.717, 1.165) is 25.5 Å². The van der Waals surface area contributed by atoms with E-state index in [4.69, 9.17) is 9.47 Å². The monoisotopic (exact) mass is 1010 g/mol. The summed E-state index contributed by atoms with van der Waals surface area (Å²) in [5.74, 6) is -0.916. The molecule has 0 spiro atoms. The van der Waals surface area contributed by atoms with Crippen molar-refractivity contribution in [2.24, 2.45) is 17.3 Å². The predicted octanol–water partition coefficient (Wildman–Crippen LogP) is 8.28. The molecule has 2 aromatic carbocycles. The Kier molecular flexibility index (Phi) is 19.8. The number of carbonyl (C=O) groups is 5. The number of nitrogens with zero attached hydrogens (tertiary/aromatic N) is 5. The van der Waals surface area contributed by atoms with Gasteiger partial charge in [0.25, 0.3) is 18.8 Å². The van der Waals surface area contributed by atoms with Crippen LogP contribution in [-0.4, -0.2) is 127 Å². The van der Waals surface area contributed by atoms with Gasteiger partial charge >= 0.3 is 6.18 Å². The van der Waals surface area contributed by atoms with E-state index >= 15 is 0 Å². The highest BCUT2D eigenvalue weighted by Gasteiger charge is 2.36. The lowest BCUT2D eigenvalue weighted by Gasteiger charge is -2.33. The molecule has 14 nitrogen and oxygen atoms in total. The second-order valence-electron chi connectivity index (χ2n) is 19.8. The Hall–Kier alpha value is -6.05. The van der Waals surface area contributed by atoms with Crippen molar-refractivity contribution in [2.75, 3.05) is 54.0 Å². The molecule has 2 aromatic heterocycles. The number of aldehydes is 1. The lowest BCUT2D eigenvalue weighted by molar-refractivity contribution is -0.141. The maximum absolute atomic E-state index is 14.7. The molecular weight excluding hydrogens is 942 g/mol. The van der Waals surface area contributed by atoms with Crippen LogP contribution in [0.2, 0.25) is 0 Å². The number of amides is 3. The largest absolute Gasteiger partial charge is 0.467 e. The zero-order chi connectivity index (χ0) is 53.1. The van der Waals surface area contributed by atoms with Crippen molar-refractivity contribution in [3.8, 4) is 22.4 Å². The molecule has 2 saturated heterocycles. The number of alkyl halides is 5. The van der Waals surface area contributed by atoms with E-state index in [1.54, 1.807) is 67.2 Å². The average molecular weight is 1010 g/mol. The lowest BCUT2D eigenvalue weighted by Crippen LogP contribution is -2.58. The SMILES string of the molecule is C=CC(=O)N1CCC(C=O)C1.COC(C)c1ncccc1-c1c(CC(C)(C)COC=O)c2cc(-c3cc(CC(NC(=O)C(C(C)C)N(C)C)C(=O)N4CCCCN4)cc(C(F)F)c3)ccc2n1CC(F)(F)F. The Bertz CT molecular complexity index is 2530. The molecule has 6 rings (SSSR count). The third kappa shape index (κ3) is 14.6. The fourth-order valence-corrected chi connectivity index (χ4v) is 9.52. The summed E-state index contributed by atoms with van der Waals surface area (Å²) in [5.41, 5.74) is 4.94. The first-order valence-corrected chi connectivity index (χ1v) is 24.1. The van der Waals surface area contributed by atoms with Crippen LogP contribution >= 0.6 is 0 Å². The second kappa shape index (κ2) is 25.1. The lowest BCUT2D eigenvalue weighted by atomic mass is 9.84.